The van der Waals surface area contributed by atoms with E-state index in [1.165, 1.54) is 14.7 Å². The van der Waals surface area contributed by atoms with E-state index in [0.29, 0.717) is 32.0 Å². The Morgan fingerprint density at radius 3 is 1.42 bits per heavy atom. The summed E-state index contributed by atoms with van der Waals surface area (Å²) in [5, 5.41) is 82.8. The molecule has 73 heavy (non-hydrogen) atoms. The van der Waals surface area contributed by atoms with Gasteiger partial charge in [-0.3, -0.25) is 24.0 Å². The summed E-state index contributed by atoms with van der Waals surface area (Å²) in [5.74, 6) is -1.16. The molecule has 1 fully saturated rings. The van der Waals surface area contributed by atoms with Crippen LogP contribution in [0.25, 0.3) is 0 Å². The number of cyclic esters (lactones) is 1. The molecular formula is C42H92N4O21P6. The van der Waals surface area contributed by atoms with E-state index < -0.39 is 73.5 Å². The molecule has 1 saturated heterocycles. The smallest absolute Gasteiger partial charge is 0.308 e. The normalized spacial score (nSPS) is 17.5. The third kappa shape index (κ3) is 52.9. The minimum absolute atomic E-state index is 0.00805. The molecular weight excluding hydrogens is 1080 g/mol. The molecule has 0 aromatic rings. The number of ether oxygens (including phenoxy) is 2. The van der Waals surface area contributed by atoms with Crippen LogP contribution in [-0.4, -0.2) is 246 Å². The maximum atomic E-state index is 11.5. The van der Waals surface area contributed by atoms with Gasteiger partial charge in [-0.1, -0.05) is 17.9 Å². The molecule has 0 saturated carbocycles. The molecule has 1 rings (SSSR count). The van der Waals surface area contributed by atoms with E-state index in [4.69, 9.17) is 58.6 Å². The van der Waals surface area contributed by atoms with E-state index in [1.54, 1.807) is 63.1 Å². The second-order valence-electron chi connectivity index (χ2n) is 17.5. The lowest BCUT2D eigenvalue weighted by atomic mass is 10.1. The zero-order valence-electron chi connectivity index (χ0n) is 44.3. The molecule has 1 aliphatic heterocycles. The Bertz CT molecular complexity index is 1410. The lowest BCUT2D eigenvalue weighted by Crippen LogP contribution is -2.34. The van der Waals surface area contributed by atoms with Crippen LogP contribution in [0.5, 0.6) is 0 Å². The van der Waals surface area contributed by atoms with Gasteiger partial charge in [-0.2, -0.15) is 0 Å². The maximum Gasteiger partial charge on any atom is 0.308 e. The van der Waals surface area contributed by atoms with Crippen LogP contribution < -0.4 is 5.32 Å². The third-order valence-corrected chi connectivity index (χ3v) is 11.2. The zero-order valence-corrected chi connectivity index (χ0v) is 50.9. The van der Waals surface area contributed by atoms with Gasteiger partial charge in [0.05, 0.1) is 107 Å². The number of esters is 2. The molecule has 1 aliphatic rings. The first-order chi connectivity index (χ1) is 33.9. The Hall–Kier alpha value is -0.960. The highest BCUT2D eigenvalue weighted by molar-refractivity contribution is 8.00. The lowest BCUT2D eigenvalue weighted by Gasteiger charge is -2.23. The molecule has 0 aromatic carbocycles. The number of hydrogen-bond donors (Lipinski definition) is 10. The first-order valence-electron chi connectivity index (χ1n) is 22.8. The summed E-state index contributed by atoms with van der Waals surface area (Å²) in [6.07, 6.45) is -4.00. The van der Waals surface area contributed by atoms with Crippen molar-refractivity contribution in [1.29, 1.82) is 0 Å². The molecule has 31 heteroatoms. The van der Waals surface area contributed by atoms with E-state index in [2.05, 4.69) is 37.4 Å². The SMILES string of the molecule is CC(C)(C)OC(=O)C[C@H](O)C[C@H](O)CO.CN(C)C(=O)C[C@@H](C[C@@H](C=O)OP)OPP.CN(C)C(=O)C[C@@H](C[C@@H](CO)OP)OPP.CN(C)C(=O)C[C@H](O)C[C@H](O)CO.CNC.O=C1C[C@@H](O)CC(CO)O1. The Morgan fingerprint density at radius 1 is 0.699 bits per heavy atom. The third-order valence-electron chi connectivity index (χ3n) is 8.70. The molecule has 0 radical (unpaired) electrons. The monoisotopic (exact) mass is 1170 g/mol. The van der Waals surface area contributed by atoms with Crippen LogP contribution in [0.1, 0.15) is 85.0 Å². The van der Waals surface area contributed by atoms with Gasteiger partial charge in [-0.25, -0.2) is 0 Å². The zero-order chi connectivity index (χ0) is 57.9. The standard InChI is InChI=1S/C10H20O5.C8H20NO4P3.C8H18NO4P3.C8H17NO4.C6H10O4.C2H7N/c1-10(2,3)15-9(14)5-7(12)4-8(13)6-11;2*1-9(2)8(11)4-6(13-16-15)3-7(5-10)12-14;1-9(2)8(13)4-6(11)3-7(12)5-10;7-3-5-1-4(8)2-6(9)10-5;1-3-2/h7-8,11-13H,4-6H2,1-3H3;6-7,10,16H,3-5,14-15H2,1-2H3;5-7,16H,3-4,14-15H2,1-2H3;6-7,10-12H,3-5H2,1-2H3;4-5,7-8H,1-3H2;3H,1-2H3/t7-,8+;3*6-,7+;4-,5?;/m11110./s1. The maximum absolute atomic E-state index is 11.5. The number of carbonyl (C=O) groups excluding carboxylic acids is 6. The van der Waals surface area contributed by atoms with Crippen LogP contribution in [-0.2, 0) is 56.3 Å². The number of aliphatic hydroxyl groups is 9. The van der Waals surface area contributed by atoms with Gasteiger partial charge in [0.2, 0.25) is 17.7 Å². The molecule has 3 amide bonds. The molecule has 10 N–H and O–H groups in total. The number of nitrogens with zero attached hydrogens (tertiary/aromatic N) is 3. The van der Waals surface area contributed by atoms with Gasteiger partial charge in [0, 0.05) is 110 Å². The molecule has 0 bridgehead atoms. The van der Waals surface area contributed by atoms with E-state index in [0.717, 1.165) is 0 Å². The van der Waals surface area contributed by atoms with Crippen molar-refractivity contribution in [2.45, 2.75) is 152 Å². The predicted molar refractivity (Wildman–Crippen MR) is 292 cm³/mol. The van der Waals surface area contributed by atoms with E-state index >= 15 is 0 Å². The lowest BCUT2D eigenvalue weighted by molar-refractivity contribution is -0.162. The average molecular weight is 1180 g/mol. The summed E-state index contributed by atoms with van der Waals surface area (Å²) in [6, 6.07) is 0. The van der Waals surface area contributed by atoms with Crippen molar-refractivity contribution in [3.63, 3.8) is 0 Å². The van der Waals surface area contributed by atoms with Gasteiger partial charge in [-0.05, 0) is 34.9 Å². The number of rotatable bonds is 27. The van der Waals surface area contributed by atoms with Crippen LogP contribution >= 0.6 is 53.8 Å². The first-order valence-corrected chi connectivity index (χ1v) is 29.2. The predicted octanol–water partition coefficient (Wildman–Crippen LogP) is -0.939. The quantitative estimate of drug-likeness (QED) is 0.0270. The topological polar surface area (TPSA) is 362 Å². The fourth-order valence-electron chi connectivity index (χ4n) is 5.04. The van der Waals surface area contributed by atoms with Crippen LogP contribution in [0.15, 0.2) is 0 Å². The fraction of sp³-hybridized carbons (Fsp3) is 0.857. The van der Waals surface area contributed by atoms with Crippen molar-refractivity contribution in [3.05, 3.63) is 0 Å². The van der Waals surface area contributed by atoms with Crippen LogP contribution in [0.3, 0.4) is 0 Å². The summed E-state index contributed by atoms with van der Waals surface area (Å²) in [7, 11) is 23.2. The number of amides is 3. The second kappa shape index (κ2) is 50.5. The Kier molecular flexibility index (Phi) is 56.0. The van der Waals surface area contributed by atoms with E-state index in [1.807, 2.05) is 23.6 Å². The number of carbonyl (C=O) groups is 6. The van der Waals surface area contributed by atoms with Gasteiger partial charge in [-0.15, -0.1) is 0 Å². The van der Waals surface area contributed by atoms with Gasteiger partial charge in [0.15, 0.2) is 0 Å². The molecule has 0 aliphatic carbocycles. The Morgan fingerprint density at radius 2 is 1.11 bits per heavy atom. The summed E-state index contributed by atoms with van der Waals surface area (Å²) < 4.78 is 30.3. The molecule has 0 spiro atoms. The molecule has 0 aromatic heterocycles. The number of aldehydes is 1. The van der Waals surface area contributed by atoms with Gasteiger partial charge < -0.3 is 98.3 Å². The highest BCUT2D eigenvalue weighted by Gasteiger charge is 2.27. The highest BCUT2D eigenvalue weighted by Crippen LogP contribution is 2.29. The minimum atomic E-state index is -0.998. The Balaban J connectivity index is -0.000000262. The van der Waals surface area contributed by atoms with E-state index in [-0.39, 0.29) is 105 Å². The van der Waals surface area contributed by atoms with Crippen molar-refractivity contribution >= 4 is 89.7 Å². The first kappa shape index (κ1) is 80.9. The summed E-state index contributed by atoms with van der Waals surface area (Å²) in [5.41, 5.74) is -0.577. The largest absolute Gasteiger partial charge is 0.460 e. The second-order valence-corrected chi connectivity index (χ2v) is 20.4. The number of nitrogens with one attached hydrogen (secondary N) is 1. The average Bonchev–Trinajstić information content (AvgIpc) is 3.29. The van der Waals surface area contributed by atoms with Crippen LogP contribution in [0.2, 0.25) is 0 Å². The summed E-state index contributed by atoms with van der Waals surface area (Å²) in [4.78, 5) is 70.8. The van der Waals surface area contributed by atoms with Crippen molar-refractivity contribution < 1.29 is 102 Å². The van der Waals surface area contributed by atoms with Crippen molar-refractivity contribution in [2.24, 2.45) is 0 Å². The van der Waals surface area contributed by atoms with Gasteiger partial charge in [0.1, 0.15) is 24.1 Å². The van der Waals surface area contributed by atoms with E-state index in [9.17, 15) is 39.0 Å². The van der Waals surface area contributed by atoms with Crippen molar-refractivity contribution in [2.75, 3.05) is 82.8 Å². The summed E-state index contributed by atoms with van der Waals surface area (Å²) in [6.45, 7) is 4.10. The number of aliphatic hydroxyl groups excluding tert-OH is 9. The van der Waals surface area contributed by atoms with Gasteiger partial charge >= 0.3 is 11.9 Å². The molecule has 25 nitrogen and oxygen atoms in total. The van der Waals surface area contributed by atoms with Crippen LogP contribution in [0, 0.1) is 0 Å². The molecule has 16 atom stereocenters. The fourth-order valence-corrected chi connectivity index (χ4v) is 7.31. The highest BCUT2D eigenvalue weighted by atomic mass is 32.0. The number of hydrogen-bond acceptors (Lipinski definition) is 22. The molecule has 1 heterocycles. The van der Waals surface area contributed by atoms with Crippen molar-refractivity contribution in [3.8, 4) is 0 Å². The van der Waals surface area contributed by atoms with Crippen LogP contribution in [0.4, 0.5) is 0 Å². The minimum Gasteiger partial charge on any atom is -0.460 e. The Labute approximate surface area is 445 Å². The van der Waals surface area contributed by atoms with Gasteiger partial charge in [0.25, 0.3) is 0 Å². The molecule has 7 unspecified atom stereocenters. The molecule has 436 valence electrons. The van der Waals surface area contributed by atoms with Crippen molar-refractivity contribution in [1.82, 2.24) is 20.0 Å². The summed E-state index contributed by atoms with van der Waals surface area (Å²) >= 11 is 0.